The highest BCUT2D eigenvalue weighted by atomic mass is 16.5. The van der Waals surface area contributed by atoms with Crippen molar-refractivity contribution in [3.05, 3.63) is 35.4 Å². The van der Waals surface area contributed by atoms with E-state index < -0.39 is 0 Å². The van der Waals surface area contributed by atoms with E-state index in [4.69, 9.17) is 4.74 Å². The van der Waals surface area contributed by atoms with Crippen molar-refractivity contribution in [3.8, 4) is 0 Å². The van der Waals surface area contributed by atoms with E-state index in [9.17, 15) is 4.79 Å². The van der Waals surface area contributed by atoms with Crippen LogP contribution in [0.5, 0.6) is 0 Å². The Hall–Kier alpha value is -1.44. The molecule has 0 heterocycles. The minimum absolute atomic E-state index is 0.177. The lowest BCUT2D eigenvalue weighted by Crippen LogP contribution is -2.25. The van der Waals surface area contributed by atoms with Gasteiger partial charge in [-0.3, -0.25) is 0 Å². The number of carbonyl (C=O) groups excluding carboxylic acids is 1. The maximum absolute atomic E-state index is 10.5. The fraction of sp³-hybridized carbons (Fsp3) is 0.533. The fourth-order valence-corrected chi connectivity index (χ4v) is 2.21. The molecule has 0 spiro atoms. The van der Waals surface area contributed by atoms with Crippen LogP contribution in [0.1, 0.15) is 37.8 Å². The van der Waals surface area contributed by atoms with Crippen molar-refractivity contribution in [2.24, 2.45) is 4.99 Å². The number of benzene rings is 1. The second-order valence-electron chi connectivity index (χ2n) is 5.58. The predicted octanol–water partition coefficient (Wildman–Crippen LogP) is 2.98. The number of isocyanates is 1. The van der Waals surface area contributed by atoms with Gasteiger partial charge in [-0.1, -0.05) is 24.3 Å². The highest BCUT2D eigenvalue weighted by Crippen LogP contribution is 2.49. The van der Waals surface area contributed by atoms with Gasteiger partial charge in [-0.25, -0.2) is 4.79 Å². The highest BCUT2D eigenvalue weighted by Gasteiger charge is 2.44. The normalized spacial score (nSPS) is 17.1. The number of methoxy groups -OCH3 is 1. The molecule has 0 aromatic heterocycles. The lowest BCUT2D eigenvalue weighted by molar-refractivity contribution is 0.0232. The first-order chi connectivity index (χ1) is 8.51. The van der Waals surface area contributed by atoms with E-state index in [-0.39, 0.29) is 11.1 Å². The Balaban J connectivity index is 2.23. The summed E-state index contributed by atoms with van der Waals surface area (Å²) < 4.78 is 5.44. The molecule has 0 saturated heterocycles. The minimum atomic E-state index is -0.283. The van der Waals surface area contributed by atoms with Gasteiger partial charge in [-0.2, -0.15) is 4.99 Å². The molecule has 1 saturated carbocycles. The Morgan fingerprint density at radius 2 is 2.17 bits per heavy atom. The van der Waals surface area contributed by atoms with E-state index in [2.05, 4.69) is 31.0 Å². The third-order valence-electron chi connectivity index (χ3n) is 3.63. The third kappa shape index (κ3) is 2.69. The van der Waals surface area contributed by atoms with Crippen molar-refractivity contribution in [2.75, 3.05) is 7.11 Å². The molecule has 0 amide bonds. The summed E-state index contributed by atoms with van der Waals surface area (Å²) in [6.45, 7) is 4.13. The zero-order valence-corrected chi connectivity index (χ0v) is 11.2. The van der Waals surface area contributed by atoms with E-state index in [1.54, 1.807) is 13.2 Å². The number of nitrogens with zero attached hydrogens (tertiary/aromatic N) is 1. The van der Waals surface area contributed by atoms with Gasteiger partial charge in [0.15, 0.2) is 0 Å². The fourth-order valence-electron chi connectivity index (χ4n) is 2.21. The van der Waals surface area contributed by atoms with Crippen molar-refractivity contribution < 1.29 is 9.53 Å². The van der Waals surface area contributed by atoms with E-state index in [1.807, 2.05) is 12.1 Å². The molecular weight excluding hydrogens is 226 g/mol. The zero-order valence-electron chi connectivity index (χ0n) is 11.2. The van der Waals surface area contributed by atoms with Crippen LogP contribution < -0.4 is 0 Å². The standard InChI is InChI=1S/C15H19NO2/c1-14(2,18-3)10-12-5-4-6-13(9-12)15(7-8-15)16-11-17/h4-6,9H,7-8,10H2,1-3H3. The van der Waals surface area contributed by atoms with E-state index >= 15 is 0 Å². The molecule has 1 aliphatic rings. The Morgan fingerprint density at radius 3 is 2.72 bits per heavy atom. The molecule has 1 aliphatic carbocycles. The minimum Gasteiger partial charge on any atom is -0.378 e. The molecule has 1 aromatic rings. The number of hydrogen-bond donors (Lipinski definition) is 0. The molecule has 0 bridgehead atoms. The molecule has 0 radical (unpaired) electrons. The maximum atomic E-state index is 10.5. The zero-order chi connectivity index (χ0) is 13.2. The first-order valence-electron chi connectivity index (χ1n) is 6.25. The van der Waals surface area contributed by atoms with Crippen molar-refractivity contribution in [1.82, 2.24) is 0 Å². The van der Waals surface area contributed by atoms with Crippen molar-refractivity contribution >= 4 is 6.08 Å². The SMILES string of the molecule is COC(C)(C)Cc1cccc(C2(N=C=O)CC2)c1. The first kappa shape index (κ1) is 13.0. The molecular formula is C15H19NO2. The van der Waals surface area contributed by atoms with E-state index in [0.29, 0.717) is 0 Å². The van der Waals surface area contributed by atoms with Crippen molar-refractivity contribution in [3.63, 3.8) is 0 Å². The lowest BCUT2D eigenvalue weighted by Gasteiger charge is -2.23. The van der Waals surface area contributed by atoms with Crippen LogP contribution in [0.4, 0.5) is 0 Å². The maximum Gasteiger partial charge on any atom is 0.235 e. The molecule has 1 fully saturated rings. The molecule has 0 unspecified atom stereocenters. The summed E-state index contributed by atoms with van der Waals surface area (Å²) >= 11 is 0. The Bertz CT molecular complexity index is 483. The highest BCUT2D eigenvalue weighted by molar-refractivity contribution is 5.42. The topological polar surface area (TPSA) is 38.7 Å². The molecule has 2 rings (SSSR count). The molecule has 96 valence electrons. The molecule has 3 heteroatoms. The van der Waals surface area contributed by atoms with Gasteiger partial charge in [-0.05, 0) is 37.8 Å². The van der Waals surface area contributed by atoms with E-state index in [0.717, 1.165) is 24.8 Å². The molecule has 18 heavy (non-hydrogen) atoms. The molecule has 0 N–H and O–H groups in total. The summed E-state index contributed by atoms with van der Waals surface area (Å²) in [5, 5.41) is 0. The summed E-state index contributed by atoms with van der Waals surface area (Å²) in [5.74, 6) is 0. The predicted molar refractivity (Wildman–Crippen MR) is 70.3 cm³/mol. The Kier molecular flexibility index (Phi) is 3.38. The van der Waals surface area contributed by atoms with Gasteiger partial charge < -0.3 is 4.74 Å². The summed E-state index contributed by atoms with van der Waals surface area (Å²) in [5.41, 5.74) is 1.88. The van der Waals surface area contributed by atoms with Crippen LogP contribution in [-0.2, 0) is 21.5 Å². The summed E-state index contributed by atoms with van der Waals surface area (Å²) in [7, 11) is 1.73. The number of rotatable bonds is 5. The number of ether oxygens (including phenoxy) is 1. The van der Waals surface area contributed by atoms with Gasteiger partial charge in [0, 0.05) is 13.5 Å². The lowest BCUT2D eigenvalue weighted by atomic mass is 9.95. The average molecular weight is 245 g/mol. The first-order valence-corrected chi connectivity index (χ1v) is 6.25. The summed E-state index contributed by atoms with van der Waals surface area (Å²) in [6.07, 6.45) is 4.43. The Morgan fingerprint density at radius 1 is 1.44 bits per heavy atom. The molecule has 0 atom stereocenters. The van der Waals surface area contributed by atoms with Gasteiger partial charge in [-0.15, -0.1) is 0 Å². The van der Waals surface area contributed by atoms with Crippen LogP contribution in [0.25, 0.3) is 0 Å². The second kappa shape index (κ2) is 4.68. The van der Waals surface area contributed by atoms with Crippen LogP contribution in [-0.4, -0.2) is 18.8 Å². The number of aliphatic imine (C=N–C) groups is 1. The number of hydrogen-bond acceptors (Lipinski definition) is 3. The monoisotopic (exact) mass is 245 g/mol. The van der Waals surface area contributed by atoms with Gasteiger partial charge in [0.1, 0.15) is 0 Å². The van der Waals surface area contributed by atoms with Gasteiger partial charge in [0.2, 0.25) is 6.08 Å². The van der Waals surface area contributed by atoms with Gasteiger partial charge >= 0.3 is 0 Å². The molecule has 1 aromatic carbocycles. The molecule has 0 aliphatic heterocycles. The van der Waals surface area contributed by atoms with Gasteiger partial charge in [0.25, 0.3) is 0 Å². The van der Waals surface area contributed by atoms with Crippen LogP contribution in [0.3, 0.4) is 0 Å². The summed E-state index contributed by atoms with van der Waals surface area (Å²) in [4.78, 5) is 14.4. The van der Waals surface area contributed by atoms with Crippen LogP contribution in [0.15, 0.2) is 29.3 Å². The van der Waals surface area contributed by atoms with Gasteiger partial charge in [0.05, 0.1) is 11.1 Å². The van der Waals surface area contributed by atoms with Crippen molar-refractivity contribution in [2.45, 2.75) is 44.2 Å². The quantitative estimate of drug-likeness (QED) is 0.591. The van der Waals surface area contributed by atoms with Crippen molar-refractivity contribution in [1.29, 1.82) is 0 Å². The largest absolute Gasteiger partial charge is 0.378 e. The third-order valence-corrected chi connectivity index (χ3v) is 3.63. The van der Waals surface area contributed by atoms with Crippen LogP contribution >= 0.6 is 0 Å². The van der Waals surface area contributed by atoms with Crippen LogP contribution in [0.2, 0.25) is 0 Å². The smallest absolute Gasteiger partial charge is 0.235 e. The van der Waals surface area contributed by atoms with E-state index in [1.165, 1.54) is 5.56 Å². The second-order valence-corrected chi connectivity index (χ2v) is 5.58. The van der Waals surface area contributed by atoms with Crippen LogP contribution in [0, 0.1) is 0 Å². The average Bonchev–Trinajstić information content (AvgIpc) is 3.11. The molecule has 3 nitrogen and oxygen atoms in total. The Labute approximate surface area is 108 Å². The summed E-state index contributed by atoms with van der Waals surface area (Å²) in [6, 6.07) is 8.29.